The van der Waals surface area contributed by atoms with Crippen LogP contribution in [0.1, 0.15) is 27.7 Å². The first kappa shape index (κ1) is 17.3. The number of aliphatic carboxylic acids is 1. The summed E-state index contributed by atoms with van der Waals surface area (Å²) in [5, 5.41) is 8.74. The molecule has 108 valence electrons. The van der Waals surface area contributed by atoms with Crippen LogP contribution in [0.2, 0.25) is 0 Å². The van der Waals surface area contributed by atoms with Gasteiger partial charge in [-0.25, -0.2) is 8.42 Å². The van der Waals surface area contributed by atoms with Crippen molar-refractivity contribution in [3.05, 3.63) is 0 Å². The summed E-state index contributed by atoms with van der Waals surface area (Å²) in [4.78, 5) is 10.7. The molecule has 0 saturated heterocycles. The van der Waals surface area contributed by atoms with Crippen LogP contribution >= 0.6 is 0 Å². The van der Waals surface area contributed by atoms with Crippen molar-refractivity contribution in [2.24, 2.45) is 5.92 Å². The summed E-state index contributed by atoms with van der Waals surface area (Å²) in [5.74, 6) is -1.41. The summed E-state index contributed by atoms with van der Waals surface area (Å²) in [6.45, 7) is 7.32. The van der Waals surface area contributed by atoms with Crippen LogP contribution in [0.3, 0.4) is 0 Å². The highest BCUT2D eigenvalue weighted by atomic mass is 32.2. The molecular weight excluding hydrogens is 258 g/mol. The summed E-state index contributed by atoms with van der Waals surface area (Å²) < 4.78 is 30.4. The quantitative estimate of drug-likeness (QED) is 0.675. The lowest BCUT2D eigenvalue weighted by molar-refractivity contribution is -0.137. The van der Waals surface area contributed by atoms with Crippen molar-refractivity contribution in [2.75, 3.05) is 25.5 Å². The lowest BCUT2D eigenvalue weighted by Gasteiger charge is -2.25. The third-order valence-electron chi connectivity index (χ3n) is 2.33. The van der Waals surface area contributed by atoms with Crippen molar-refractivity contribution in [3.63, 3.8) is 0 Å². The summed E-state index contributed by atoms with van der Waals surface area (Å²) in [6, 6.07) is -0.370. The van der Waals surface area contributed by atoms with E-state index >= 15 is 0 Å². The topological polar surface area (TPSA) is 83.9 Å². The van der Waals surface area contributed by atoms with Crippen LogP contribution in [0.4, 0.5) is 0 Å². The van der Waals surface area contributed by atoms with Crippen LogP contribution in [-0.4, -0.2) is 55.4 Å². The number of ether oxygens (including phenoxy) is 1. The average Bonchev–Trinajstić information content (AvgIpc) is 2.21. The van der Waals surface area contributed by atoms with E-state index in [-0.39, 0.29) is 17.7 Å². The minimum absolute atomic E-state index is 0.0988. The first-order valence-electron chi connectivity index (χ1n) is 5.99. The molecule has 0 aliphatic carbocycles. The Hall–Kier alpha value is -0.660. The first-order valence-corrected chi connectivity index (χ1v) is 7.60. The smallest absolute Gasteiger partial charge is 0.318 e. The van der Waals surface area contributed by atoms with E-state index in [1.54, 1.807) is 20.8 Å². The van der Waals surface area contributed by atoms with Gasteiger partial charge in [-0.3, -0.25) is 4.79 Å². The Morgan fingerprint density at radius 2 is 1.89 bits per heavy atom. The molecule has 18 heavy (non-hydrogen) atoms. The van der Waals surface area contributed by atoms with Gasteiger partial charge in [0.2, 0.25) is 10.0 Å². The number of rotatable bonds is 9. The van der Waals surface area contributed by atoms with Crippen molar-refractivity contribution in [1.82, 2.24) is 4.31 Å². The van der Waals surface area contributed by atoms with Crippen molar-refractivity contribution >= 4 is 16.0 Å². The monoisotopic (exact) mass is 281 g/mol. The van der Waals surface area contributed by atoms with Crippen molar-refractivity contribution in [1.29, 1.82) is 0 Å². The lowest BCUT2D eigenvalue weighted by Crippen LogP contribution is -2.43. The molecule has 0 fully saturated rings. The zero-order valence-electron chi connectivity index (χ0n) is 11.4. The standard InChI is InChI=1S/C11H23NO5S/c1-5-17-7-10(4)8-18(15,16)12(9(2)3)6-11(13)14/h9-10H,5-8H2,1-4H3,(H,13,14). The minimum atomic E-state index is -3.57. The second-order valence-electron chi connectivity index (χ2n) is 4.58. The fourth-order valence-corrected chi connectivity index (χ4v) is 3.51. The Labute approximate surface area is 109 Å². The second kappa shape index (κ2) is 7.70. The maximum absolute atomic E-state index is 12.1. The molecule has 1 N–H and O–H groups in total. The molecule has 0 saturated carbocycles. The highest BCUT2D eigenvalue weighted by molar-refractivity contribution is 7.89. The normalized spacial score (nSPS) is 14.1. The van der Waals surface area contributed by atoms with E-state index in [0.29, 0.717) is 13.2 Å². The number of hydrogen-bond acceptors (Lipinski definition) is 4. The van der Waals surface area contributed by atoms with E-state index in [0.717, 1.165) is 4.31 Å². The van der Waals surface area contributed by atoms with E-state index in [4.69, 9.17) is 9.84 Å². The van der Waals surface area contributed by atoms with Gasteiger partial charge in [-0.15, -0.1) is 0 Å². The van der Waals surface area contributed by atoms with E-state index in [2.05, 4.69) is 0 Å². The van der Waals surface area contributed by atoms with Crippen LogP contribution in [0.25, 0.3) is 0 Å². The SMILES string of the molecule is CCOCC(C)CS(=O)(=O)N(CC(=O)O)C(C)C. The number of carboxylic acid groups (broad SMARTS) is 1. The van der Waals surface area contributed by atoms with Gasteiger partial charge in [0, 0.05) is 12.6 Å². The van der Waals surface area contributed by atoms with E-state index in [1.807, 2.05) is 6.92 Å². The molecule has 1 unspecified atom stereocenters. The highest BCUT2D eigenvalue weighted by Gasteiger charge is 2.28. The molecular formula is C11H23NO5S. The summed E-state index contributed by atoms with van der Waals surface area (Å²) in [5.41, 5.74) is 0. The summed E-state index contributed by atoms with van der Waals surface area (Å²) in [7, 11) is -3.57. The van der Waals surface area contributed by atoms with E-state index < -0.39 is 22.5 Å². The largest absolute Gasteiger partial charge is 0.480 e. The molecule has 7 heteroatoms. The van der Waals surface area contributed by atoms with Gasteiger partial charge in [0.25, 0.3) is 0 Å². The maximum atomic E-state index is 12.1. The number of nitrogens with zero attached hydrogens (tertiary/aromatic N) is 1. The molecule has 6 nitrogen and oxygen atoms in total. The molecule has 0 aromatic rings. The fraction of sp³-hybridized carbons (Fsp3) is 0.909. The lowest BCUT2D eigenvalue weighted by atomic mass is 10.2. The Morgan fingerprint density at radius 3 is 2.28 bits per heavy atom. The van der Waals surface area contributed by atoms with Gasteiger partial charge >= 0.3 is 5.97 Å². The maximum Gasteiger partial charge on any atom is 0.318 e. The van der Waals surface area contributed by atoms with Crippen LogP contribution in [0.15, 0.2) is 0 Å². The van der Waals surface area contributed by atoms with E-state index in [9.17, 15) is 13.2 Å². The Kier molecular flexibility index (Phi) is 7.42. The van der Waals surface area contributed by atoms with E-state index in [1.165, 1.54) is 0 Å². The second-order valence-corrected chi connectivity index (χ2v) is 6.54. The molecule has 1 atom stereocenters. The highest BCUT2D eigenvalue weighted by Crippen LogP contribution is 2.11. The number of hydrogen-bond donors (Lipinski definition) is 1. The zero-order valence-corrected chi connectivity index (χ0v) is 12.2. The molecule has 0 radical (unpaired) electrons. The van der Waals surface area contributed by atoms with Crippen LogP contribution < -0.4 is 0 Å². The zero-order chi connectivity index (χ0) is 14.3. The fourth-order valence-electron chi connectivity index (χ4n) is 1.56. The third-order valence-corrected chi connectivity index (χ3v) is 4.58. The van der Waals surface area contributed by atoms with Gasteiger partial charge in [0.1, 0.15) is 6.54 Å². The average molecular weight is 281 g/mol. The molecule has 0 aliphatic heterocycles. The molecule has 0 heterocycles. The van der Waals surface area contributed by atoms with Crippen molar-refractivity contribution in [3.8, 4) is 0 Å². The van der Waals surface area contributed by atoms with Crippen LogP contribution in [0, 0.1) is 5.92 Å². The number of sulfonamides is 1. The molecule has 0 aromatic heterocycles. The van der Waals surface area contributed by atoms with Crippen molar-refractivity contribution < 1.29 is 23.1 Å². The molecule has 0 bridgehead atoms. The molecule has 0 spiro atoms. The predicted octanol–water partition coefficient (Wildman–Crippen LogP) is 0.784. The number of carbonyl (C=O) groups is 1. The number of carboxylic acids is 1. The minimum Gasteiger partial charge on any atom is -0.480 e. The van der Waals surface area contributed by atoms with Gasteiger partial charge in [0.05, 0.1) is 12.4 Å². The Bertz CT molecular complexity index is 352. The molecule has 0 amide bonds. The van der Waals surface area contributed by atoms with Crippen molar-refractivity contribution in [2.45, 2.75) is 33.7 Å². The van der Waals surface area contributed by atoms with Gasteiger partial charge < -0.3 is 9.84 Å². The summed E-state index contributed by atoms with van der Waals surface area (Å²) >= 11 is 0. The summed E-state index contributed by atoms with van der Waals surface area (Å²) in [6.07, 6.45) is 0. The van der Waals surface area contributed by atoms with Gasteiger partial charge in [-0.2, -0.15) is 4.31 Å². The third kappa shape index (κ3) is 6.32. The molecule has 0 aliphatic rings. The van der Waals surface area contributed by atoms with Crippen LogP contribution in [-0.2, 0) is 19.6 Å². The van der Waals surface area contributed by atoms with Gasteiger partial charge in [-0.1, -0.05) is 6.92 Å². The predicted molar refractivity (Wildman–Crippen MR) is 68.9 cm³/mol. The first-order chi connectivity index (χ1) is 8.20. The van der Waals surface area contributed by atoms with Gasteiger partial charge in [-0.05, 0) is 26.7 Å². The van der Waals surface area contributed by atoms with Gasteiger partial charge in [0.15, 0.2) is 0 Å². The molecule has 0 aromatic carbocycles. The Balaban J connectivity index is 4.69. The van der Waals surface area contributed by atoms with Crippen LogP contribution in [0.5, 0.6) is 0 Å². The molecule has 0 rings (SSSR count). The Morgan fingerprint density at radius 1 is 1.33 bits per heavy atom.